The summed E-state index contributed by atoms with van der Waals surface area (Å²) in [6, 6.07) is 0.132. The van der Waals surface area contributed by atoms with Gasteiger partial charge in [0.05, 0.1) is 0 Å². The van der Waals surface area contributed by atoms with Crippen LogP contribution in [0.4, 0.5) is 0 Å². The van der Waals surface area contributed by atoms with Crippen LogP contribution in [0.5, 0.6) is 0 Å². The summed E-state index contributed by atoms with van der Waals surface area (Å²) >= 11 is 0. The zero-order chi connectivity index (χ0) is 20.3. The molecule has 0 aliphatic rings. The van der Waals surface area contributed by atoms with Crippen LogP contribution in [0.2, 0.25) is 0 Å². The van der Waals surface area contributed by atoms with Crippen molar-refractivity contribution < 1.29 is 0 Å². The third-order valence-corrected chi connectivity index (χ3v) is 5.92. The second-order valence-corrected chi connectivity index (χ2v) is 7.54. The lowest BCUT2D eigenvalue weighted by Crippen LogP contribution is -2.37. The van der Waals surface area contributed by atoms with Crippen molar-refractivity contribution in [1.82, 2.24) is 0 Å². The molecule has 0 radical (unpaired) electrons. The molecule has 0 aliphatic heterocycles. The molecule has 1 heteroatoms. The summed E-state index contributed by atoms with van der Waals surface area (Å²) in [7, 11) is 0. The number of allylic oxidation sites excluding steroid dienone is 10. The Morgan fingerprint density at radius 2 is 1.42 bits per heavy atom. The molecule has 0 spiro atoms. The molecular weight excluding hydrogens is 314 g/mol. The topological polar surface area (TPSA) is 26.0 Å². The van der Waals surface area contributed by atoms with E-state index in [1.807, 2.05) is 18.2 Å². The third kappa shape index (κ3) is 6.96. The highest BCUT2D eigenvalue weighted by Gasteiger charge is 2.33. The monoisotopic (exact) mass is 355 g/mol. The normalized spacial score (nSPS) is 20.6. The van der Waals surface area contributed by atoms with Crippen molar-refractivity contribution in [3.63, 3.8) is 0 Å². The second kappa shape index (κ2) is 12.7. The van der Waals surface area contributed by atoms with Gasteiger partial charge in [0, 0.05) is 6.04 Å². The number of hydrogen-bond acceptors (Lipinski definition) is 1. The maximum absolute atomic E-state index is 6.33. The molecule has 6 unspecified atom stereocenters. The Balaban J connectivity index is 5.95. The lowest BCUT2D eigenvalue weighted by atomic mass is 9.67. The standard InChI is InChI=1S/C25H41N/c1-10-14-17-24(16-12-3)25(21(8)22(9)26)20(7)18(5)19(6)23(13-4)15-11-2/h10-22,25H,1,3,26H2,2,4-9H3/b15-11-,17-14-,23-13+,24-16+. The first-order valence-corrected chi connectivity index (χ1v) is 9.92. The second-order valence-electron chi connectivity index (χ2n) is 7.54. The lowest BCUT2D eigenvalue weighted by molar-refractivity contribution is 0.186. The highest BCUT2D eigenvalue weighted by atomic mass is 14.6. The number of hydrogen-bond donors (Lipinski definition) is 1. The van der Waals surface area contributed by atoms with E-state index in [-0.39, 0.29) is 6.04 Å². The van der Waals surface area contributed by atoms with Crippen molar-refractivity contribution in [2.24, 2.45) is 35.3 Å². The lowest BCUT2D eigenvalue weighted by Gasteiger charge is -2.38. The average Bonchev–Trinajstić information content (AvgIpc) is 2.62. The molecule has 0 saturated heterocycles. The van der Waals surface area contributed by atoms with E-state index in [2.05, 4.69) is 92.0 Å². The molecule has 0 aliphatic carbocycles. The molecule has 0 fully saturated rings. The maximum atomic E-state index is 6.33. The molecule has 1 nitrogen and oxygen atoms in total. The van der Waals surface area contributed by atoms with Crippen LogP contribution in [0.15, 0.2) is 72.9 Å². The molecule has 0 heterocycles. The van der Waals surface area contributed by atoms with Gasteiger partial charge in [0.15, 0.2) is 0 Å². The highest BCUT2D eigenvalue weighted by molar-refractivity contribution is 5.30. The first-order chi connectivity index (χ1) is 12.3. The van der Waals surface area contributed by atoms with Crippen LogP contribution in [-0.4, -0.2) is 6.04 Å². The Morgan fingerprint density at radius 1 is 0.808 bits per heavy atom. The van der Waals surface area contributed by atoms with E-state index in [4.69, 9.17) is 5.73 Å². The molecule has 26 heavy (non-hydrogen) atoms. The van der Waals surface area contributed by atoms with Crippen LogP contribution in [-0.2, 0) is 0 Å². The van der Waals surface area contributed by atoms with Crippen molar-refractivity contribution in [3.8, 4) is 0 Å². The SMILES string of the molecule is C=C/C=C\C(=C/C=C)C(C(C)C(C)N)C(C)C(C)C(C)C(/C=C\C)=C/C. The summed E-state index contributed by atoms with van der Waals surface area (Å²) < 4.78 is 0. The smallest absolute Gasteiger partial charge is 0.00420 e. The van der Waals surface area contributed by atoms with Crippen LogP contribution in [0.25, 0.3) is 0 Å². The van der Waals surface area contributed by atoms with E-state index in [0.29, 0.717) is 29.6 Å². The van der Waals surface area contributed by atoms with E-state index in [1.54, 1.807) is 0 Å². The van der Waals surface area contributed by atoms with Gasteiger partial charge in [0.1, 0.15) is 0 Å². The molecular formula is C25H41N. The summed E-state index contributed by atoms with van der Waals surface area (Å²) in [6.07, 6.45) is 16.6. The molecule has 0 bridgehead atoms. The Bertz CT molecular complexity index is 545. The van der Waals surface area contributed by atoms with E-state index in [0.717, 1.165) is 0 Å². The van der Waals surface area contributed by atoms with Crippen molar-refractivity contribution in [1.29, 1.82) is 0 Å². The van der Waals surface area contributed by atoms with Crippen LogP contribution >= 0.6 is 0 Å². The molecule has 146 valence electrons. The zero-order valence-corrected chi connectivity index (χ0v) is 18.1. The Labute approximate surface area is 163 Å². The maximum Gasteiger partial charge on any atom is 0.00420 e. The fourth-order valence-corrected chi connectivity index (χ4v) is 3.80. The zero-order valence-electron chi connectivity index (χ0n) is 18.1. The largest absolute Gasteiger partial charge is 0.328 e. The first kappa shape index (κ1) is 24.4. The van der Waals surface area contributed by atoms with Gasteiger partial charge in [-0.25, -0.2) is 0 Å². The molecule has 2 N–H and O–H groups in total. The summed E-state index contributed by atoms with van der Waals surface area (Å²) in [5, 5.41) is 0. The van der Waals surface area contributed by atoms with Gasteiger partial charge in [-0.15, -0.1) is 0 Å². The number of rotatable bonds is 11. The van der Waals surface area contributed by atoms with Gasteiger partial charge < -0.3 is 5.73 Å². The van der Waals surface area contributed by atoms with Gasteiger partial charge >= 0.3 is 0 Å². The summed E-state index contributed by atoms with van der Waals surface area (Å²) in [4.78, 5) is 0. The van der Waals surface area contributed by atoms with Crippen LogP contribution in [0, 0.1) is 29.6 Å². The van der Waals surface area contributed by atoms with Gasteiger partial charge in [-0.1, -0.05) is 89.5 Å². The quantitative estimate of drug-likeness (QED) is 0.402. The Morgan fingerprint density at radius 3 is 1.85 bits per heavy atom. The average molecular weight is 356 g/mol. The third-order valence-electron chi connectivity index (χ3n) is 5.92. The predicted octanol–water partition coefficient (Wildman–Crippen LogP) is 6.87. The molecule has 0 saturated carbocycles. The molecule has 0 aromatic carbocycles. The minimum Gasteiger partial charge on any atom is -0.328 e. The number of nitrogens with two attached hydrogens (primary N) is 1. The van der Waals surface area contributed by atoms with Crippen molar-refractivity contribution in [2.75, 3.05) is 0 Å². The van der Waals surface area contributed by atoms with Crippen molar-refractivity contribution in [3.05, 3.63) is 72.9 Å². The van der Waals surface area contributed by atoms with Gasteiger partial charge in [-0.05, 0) is 61.5 Å². The summed E-state index contributed by atoms with van der Waals surface area (Å²) in [6.45, 7) is 23.4. The van der Waals surface area contributed by atoms with Crippen LogP contribution < -0.4 is 5.73 Å². The van der Waals surface area contributed by atoms with Crippen molar-refractivity contribution >= 4 is 0 Å². The highest BCUT2D eigenvalue weighted by Crippen LogP contribution is 2.39. The van der Waals surface area contributed by atoms with Gasteiger partial charge in [0.2, 0.25) is 0 Å². The molecule has 0 amide bonds. The minimum atomic E-state index is 0.132. The fourth-order valence-electron chi connectivity index (χ4n) is 3.80. The Hall–Kier alpha value is -1.60. The predicted molar refractivity (Wildman–Crippen MR) is 120 cm³/mol. The Kier molecular flexibility index (Phi) is 11.9. The van der Waals surface area contributed by atoms with Crippen LogP contribution in [0.3, 0.4) is 0 Å². The molecule has 6 atom stereocenters. The van der Waals surface area contributed by atoms with Crippen molar-refractivity contribution in [2.45, 2.75) is 54.5 Å². The summed E-state index contributed by atoms with van der Waals surface area (Å²) in [5.74, 6) is 2.23. The van der Waals surface area contributed by atoms with E-state index in [9.17, 15) is 0 Å². The van der Waals surface area contributed by atoms with Gasteiger partial charge in [-0.2, -0.15) is 0 Å². The van der Waals surface area contributed by atoms with Gasteiger partial charge in [0.25, 0.3) is 0 Å². The van der Waals surface area contributed by atoms with Crippen LogP contribution in [0.1, 0.15) is 48.5 Å². The molecule has 0 rings (SSSR count). The minimum absolute atomic E-state index is 0.132. The van der Waals surface area contributed by atoms with E-state index < -0.39 is 0 Å². The van der Waals surface area contributed by atoms with Gasteiger partial charge in [-0.3, -0.25) is 0 Å². The molecule has 0 aromatic rings. The first-order valence-electron chi connectivity index (χ1n) is 9.92. The van der Waals surface area contributed by atoms with E-state index in [1.165, 1.54) is 11.1 Å². The summed E-state index contributed by atoms with van der Waals surface area (Å²) in [5.41, 5.74) is 9.01. The fraction of sp³-hybridized carbons (Fsp3) is 0.520. The molecule has 0 aromatic heterocycles. The van der Waals surface area contributed by atoms with E-state index >= 15 is 0 Å².